The molecule has 0 bridgehead atoms. The Balaban J connectivity index is 2.78. The largest absolute Gasteiger partial charge is 0.494 e. The van der Waals surface area contributed by atoms with Crippen LogP contribution in [0.4, 0.5) is 17.6 Å². The molecule has 0 aromatic rings. The molecular formula is C11H14F4O2. The Morgan fingerprint density at radius 1 is 1.24 bits per heavy atom. The summed E-state index contributed by atoms with van der Waals surface area (Å²) in [5.74, 6) is -0.241. The first-order valence-electron chi connectivity index (χ1n) is 5.22. The van der Waals surface area contributed by atoms with Crippen LogP contribution in [-0.2, 0) is 9.47 Å². The van der Waals surface area contributed by atoms with Crippen molar-refractivity contribution in [3.63, 3.8) is 0 Å². The fourth-order valence-electron chi connectivity index (χ4n) is 1.41. The molecule has 17 heavy (non-hydrogen) atoms. The zero-order valence-corrected chi connectivity index (χ0v) is 9.60. The van der Waals surface area contributed by atoms with Gasteiger partial charge in [-0.2, -0.15) is 17.6 Å². The van der Waals surface area contributed by atoms with Crippen LogP contribution in [-0.4, -0.2) is 19.3 Å². The molecule has 0 N–H and O–H groups in total. The fourth-order valence-corrected chi connectivity index (χ4v) is 1.41. The van der Waals surface area contributed by atoms with Crippen LogP contribution < -0.4 is 0 Å². The zero-order valence-electron chi connectivity index (χ0n) is 9.60. The maximum atomic E-state index is 13.1. The predicted octanol–water partition coefficient (Wildman–Crippen LogP) is 3.85. The summed E-state index contributed by atoms with van der Waals surface area (Å²) >= 11 is 0. The van der Waals surface area contributed by atoms with Crippen LogP contribution in [0.5, 0.6) is 0 Å². The third kappa shape index (κ3) is 3.21. The van der Waals surface area contributed by atoms with Gasteiger partial charge in [0, 0.05) is 7.11 Å². The van der Waals surface area contributed by atoms with Gasteiger partial charge in [-0.1, -0.05) is 12.5 Å². The Hall–Kier alpha value is -1.04. The van der Waals surface area contributed by atoms with Crippen LogP contribution in [0.3, 0.4) is 0 Å². The van der Waals surface area contributed by atoms with Gasteiger partial charge in [-0.3, -0.25) is 0 Å². The van der Waals surface area contributed by atoms with Crippen molar-refractivity contribution >= 4 is 0 Å². The molecule has 98 valence electrons. The summed E-state index contributed by atoms with van der Waals surface area (Å²) in [5.41, 5.74) is 0.888. The number of hydrogen-bond acceptors (Lipinski definition) is 2. The molecule has 0 spiro atoms. The van der Waals surface area contributed by atoms with Crippen LogP contribution in [0, 0.1) is 0 Å². The molecule has 0 atom stereocenters. The summed E-state index contributed by atoms with van der Waals surface area (Å²) in [7, 11) is 0.500. The summed E-state index contributed by atoms with van der Waals surface area (Å²) in [4.78, 5) is 0. The van der Waals surface area contributed by atoms with E-state index in [4.69, 9.17) is 0 Å². The Labute approximate surface area is 96.9 Å². The van der Waals surface area contributed by atoms with E-state index in [-0.39, 0.29) is 5.76 Å². The molecule has 0 aromatic carbocycles. The molecule has 2 nitrogen and oxygen atoms in total. The van der Waals surface area contributed by atoms with Crippen LogP contribution in [0.1, 0.15) is 26.2 Å². The van der Waals surface area contributed by atoms with Gasteiger partial charge < -0.3 is 9.47 Å². The fraction of sp³-hybridized carbons (Fsp3) is 0.636. The molecule has 0 saturated heterocycles. The quantitative estimate of drug-likeness (QED) is 0.694. The average molecular weight is 254 g/mol. The van der Waals surface area contributed by atoms with Crippen molar-refractivity contribution < 1.29 is 27.0 Å². The molecular weight excluding hydrogens is 240 g/mol. The lowest BCUT2D eigenvalue weighted by Crippen LogP contribution is -2.44. The zero-order chi connectivity index (χ0) is 13.1. The average Bonchev–Trinajstić information content (AvgIpc) is 2.28. The first kappa shape index (κ1) is 14.0. The topological polar surface area (TPSA) is 18.5 Å². The summed E-state index contributed by atoms with van der Waals surface area (Å²) < 4.78 is 59.0. The summed E-state index contributed by atoms with van der Waals surface area (Å²) in [6, 6.07) is 0. The van der Waals surface area contributed by atoms with Crippen molar-refractivity contribution in [3.05, 3.63) is 23.5 Å². The highest BCUT2D eigenvalue weighted by atomic mass is 19.3. The maximum Gasteiger partial charge on any atom is 0.494 e. The van der Waals surface area contributed by atoms with Crippen molar-refractivity contribution in [2.24, 2.45) is 0 Å². The van der Waals surface area contributed by atoms with Crippen LogP contribution in [0.2, 0.25) is 0 Å². The van der Waals surface area contributed by atoms with E-state index < -0.39 is 12.2 Å². The van der Waals surface area contributed by atoms with Gasteiger partial charge in [-0.25, -0.2) is 0 Å². The Kier molecular flexibility index (Phi) is 4.19. The predicted molar refractivity (Wildman–Crippen MR) is 53.7 cm³/mol. The highest BCUT2D eigenvalue weighted by Crippen LogP contribution is 2.38. The second kappa shape index (κ2) is 5.08. The normalized spacial score (nSPS) is 17.5. The molecule has 0 unspecified atom stereocenters. The maximum absolute atomic E-state index is 13.1. The molecule has 0 aliphatic heterocycles. The lowest BCUT2D eigenvalue weighted by atomic mass is 10.0. The number of halogens is 4. The van der Waals surface area contributed by atoms with E-state index in [1.54, 1.807) is 0 Å². The van der Waals surface area contributed by atoms with Crippen molar-refractivity contribution in [3.8, 4) is 0 Å². The van der Waals surface area contributed by atoms with E-state index in [0.717, 1.165) is 12.0 Å². The van der Waals surface area contributed by atoms with Crippen molar-refractivity contribution in [2.45, 2.75) is 38.4 Å². The van der Waals surface area contributed by atoms with E-state index in [1.165, 1.54) is 12.2 Å². The molecule has 0 saturated carbocycles. The highest BCUT2D eigenvalue weighted by Gasteiger charge is 2.61. The second-order valence-corrected chi connectivity index (χ2v) is 3.64. The molecule has 6 heteroatoms. The van der Waals surface area contributed by atoms with E-state index >= 15 is 0 Å². The number of alkyl halides is 4. The first-order valence-corrected chi connectivity index (χ1v) is 5.22. The lowest BCUT2D eigenvalue weighted by Gasteiger charge is -2.26. The standard InChI is InChI=1S/C11H14F4O2/c1-3-8-5-4-6-9(7-8)17-11(14,15)10(12,13)16-2/h6-7H,3-5H2,1-2H3. The highest BCUT2D eigenvalue weighted by molar-refractivity contribution is 5.23. The third-order valence-corrected chi connectivity index (χ3v) is 2.45. The summed E-state index contributed by atoms with van der Waals surface area (Å²) in [5, 5.41) is 0. The van der Waals surface area contributed by atoms with Gasteiger partial charge in [0.1, 0.15) is 5.76 Å². The van der Waals surface area contributed by atoms with Gasteiger partial charge >= 0.3 is 12.2 Å². The van der Waals surface area contributed by atoms with Crippen LogP contribution in [0.25, 0.3) is 0 Å². The first-order chi connectivity index (χ1) is 7.82. The molecule has 0 fully saturated rings. The van der Waals surface area contributed by atoms with Gasteiger partial charge in [-0.15, -0.1) is 0 Å². The van der Waals surface area contributed by atoms with Crippen molar-refractivity contribution in [1.82, 2.24) is 0 Å². The van der Waals surface area contributed by atoms with Gasteiger partial charge in [0.05, 0.1) is 0 Å². The van der Waals surface area contributed by atoms with E-state index in [9.17, 15) is 17.6 Å². The molecule has 0 aromatic heterocycles. The minimum Gasteiger partial charge on any atom is -0.426 e. The smallest absolute Gasteiger partial charge is 0.426 e. The molecule has 0 radical (unpaired) electrons. The van der Waals surface area contributed by atoms with Crippen molar-refractivity contribution in [2.75, 3.05) is 7.11 Å². The lowest BCUT2D eigenvalue weighted by molar-refractivity contribution is -0.414. The van der Waals surface area contributed by atoms with Gasteiger partial charge in [0.15, 0.2) is 0 Å². The minimum absolute atomic E-state index is 0.241. The molecule has 1 aliphatic rings. The minimum atomic E-state index is -4.68. The number of ether oxygens (including phenoxy) is 2. The summed E-state index contributed by atoms with van der Waals surface area (Å²) in [6.07, 6.45) is -4.69. The number of hydrogen-bond donors (Lipinski definition) is 0. The van der Waals surface area contributed by atoms with Gasteiger partial charge in [0.2, 0.25) is 0 Å². The Morgan fingerprint density at radius 3 is 2.41 bits per heavy atom. The SMILES string of the molecule is CCC1=CC(OC(F)(F)C(F)(F)OC)=CCC1. The molecule has 0 heterocycles. The van der Waals surface area contributed by atoms with Crippen molar-refractivity contribution in [1.29, 1.82) is 0 Å². The number of rotatable bonds is 5. The van der Waals surface area contributed by atoms with Gasteiger partial charge in [-0.05, 0) is 31.4 Å². The van der Waals surface area contributed by atoms with E-state index in [0.29, 0.717) is 20.0 Å². The molecule has 1 rings (SSSR count). The molecule has 1 aliphatic carbocycles. The van der Waals surface area contributed by atoms with Gasteiger partial charge in [0.25, 0.3) is 0 Å². The summed E-state index contributed by atoms with van der Waals surface area (Å²) in [6.45, 7) is 1.86. The van der Waals surface area contributed by atoms with E-state index in [1.807, 2.05) is 6.92 Å². The monoisotopic (exact) mass is 254 g/mol. The Bertz CT molecular complexity index is 334. The molecule has 0 amide bonds. The Morgan fingerprint density at radius 2 is 1.88 bits per heavy atom. The number of allylic oxidation sites excluding steroid dienone is 3. The number of methoxy groups -OCH3 is 1. The van der Waals surface area contributed by atoms with E-state index in [2.05, 4.69) is 9.47 Å². The van der Waals surface area contributed by atoms with Crippen LogP contribution >= 0.6 is 0 Å². The third-order valence-electron chi connectivity index (χ3n) is 2.45. The van der Waals surface area contributed by atoms with Crippen LogP contribution in [0.15, 0.2) is 23.5 Å². The second-order valence-electron chi connectivity index (χ2n) is 3.64.